The molecule has 3 aromatic rings. The van der Waals surface area contributed by atoms with Gasteiger partial charge in [-0.05, 0) is 43.5 Å². The maximum Gasteiger partial charge on any atom is 0.417 e. The molecular formula is C21H17F6N3. The van der Waals surface area contributed by atoms with Crippen molar-refractivity contribution < 1.29 is 26.3 Å². The van der Waals surface area contributed by atoms with Crippen LogP contribution >= 0.6 is 0 Å². The zero-order valence-corrected chi connectivity index (χ0v) is 15.6. The number of fused-ring (bicyclic) bond motifs is 1. The molecule has 1 aromatic heterocycles. The van der Waals surface area contributed by atoms with E-state index >= 15 is 0 Å². The second-order valence-corrected chi connectivity index (χ2v) is 7.06. The van der Waals surface area contributed by atoms with Crippen LogP contribution < -0.4 is 5.32 Å². The monoisotopic (exact) mass is 425 g/mol. The van der Waals surface area contributed by atoms with Crippen molar-refractivity contribution in [2.75, 3.05) is 11.9 Å². The first kappa shape index (κ1) is 20.3. The lowest BCUT2D eigenvalue weighted by molar-refractivity contribution is -0.138. The lowest BCUT2D eigenvalue weighted by Gasteiger charge is -2.12. The molecule has 0 unspecified atom stereocenters. The van der Waals surface area contributed by atoms with Crippen molar-refractivity contribution in [2.24, 2.45) is 0 Å². The van der Waals surface area contributed by atoms with Crippen LogP contribution in [0.25, 0.3) is 16.9 Å². The smallest absolute Gasteiger partial charge is 0.370 e. The van der Waals surface area contributed by atoms with Gasteiger partial charge in [0.25, 0.3) is 0 Å². The standard InChI is InChI=1S/C21H17F6N3/c22-20(23,24)13-6-5-7-14(12-13)30-19-16(9-3-4-11-28-19)18(29-30)15-8-1-2-10-17(15)21(25,26)27/h1-2,5-8,10,12,28H,3-4,9,11H2. The van der Waals surface area contributed by atoms with E-state index in [4.69, 9.17) is 0 Å². The number of hydrogen-bond donors (Lipinski definition) is 1. The summed E-state index contributed by atoms with van der Waals surface area (Å²) in [7, 11) is 0. The highest BCUT2D eigenvalue weighted by molar-refractivity contribution is 5.74. The van der Waals surface area contributed by atoms with Gasteiger partial charge in [0, 0.05) is 17.7 Å². The predicted molar refractivity (Wildman–Crippen MR) is 100 cm³/mol. The van der Waals surface area contributed by atoms with Crippen LogP contribution in [0.2, 0.25) is 0 Å². The molecule has 2 aromatic carbocycles. The fourth-order valence-electron chi connectivity index (χ4n) is 3.66. The van der Waals surface area contributed by atoms with Crippen LogP contribution in [0.15, 0.2) is 48.5 Å². The molecule has 1 N–H and O–H groups in total. The second kappa shape index (κ2) is 7.37. The van der Waals surface area contributed by atoms with Crippen LogP contribution in [-0.2, 0) is 18.8 Å². The molecule has 4 rings (SSSR count). The Morgan fingerprint density at radius 2 is 1.63 bits per heavy atom. The van der Waals surface area contributed by atoms with Gasteiger partial charge in [0.2, 0.25) is 0 Å². The molecule has 9 heteroatoms. The van der Waals surface area contributed by atoms with Crippen LogP contribution in [0.3, 0.4) is 0 Å². The minimum atomic E-state index is -4.58. The van der Waals surface area contributed by atoms with E-state index in [9.17, 15) is 26.3 Å². The molecule has 3 nitrogen and oxygen atoms in total. The molecule has 2 heterocycles. The molecule has 0 spiro atoms. The second-order valence-electron chi connectivity index (χ2n) is 7.06. The maximum atomic E-state index is 13.6. The van der Waals surface area contributed by atoms with Gasteiger partial charge in [0.05, 0.1) is 22.5 Å². The van der Waals surface area contributed by atoms with Gasteiger partial charge >= 0.3 is 12.4 Å². The molecule has 1 aliphatic heterocycles. The number of alkyl halides is 6. The zero-order valence-electron chi connectivity index (χ0n) is 15.6. The Balaban J connectivity index is 1.94. The molecule has 0 saturated heterocycles. The summed E-state index contributed by atoms with van der Waals surface area (Å²) < 4.78 is 81.5. The third kappa shape index (κ3) is 3.76. The molecular weight excluding hydrogens is 408 g/mol. The summed E-state index contributed by atoms with van der Waals surface area (Å²) in [6.45, 7) is 0.554. The van der Waals surface area contributed by atoms with Crippen molar-refractivity contribution in [2.45, 2.75) is 31.6 Å². The largest absolute Gasteiger partial charge is 0.417 e. The summed E-state index contributed by atoms with van der Waals surface area (Å²) in [5.41, 5.74) is -0.936. The van der Waals surface area contributed by atoms with E-state index in [1.54, 1.807) is 0 Å². The lowest BCUT2D eigenvalue weighted by atomic mass is 9.99. The van der Waals surface area contributed by atoms with E-state index in [1.165, 1.54) is 35.0 Å². The molecule has 158 valence electrons. The van der Waals surface area contributed by atoms with E-state index < -0.39 is 23.5 Å². The number of anilines is 1. The van der Waals surface area contributed by atoms with Gasteiger partial charge in [-0.25, -0.2) is 4.68 Å². The van der Waals surface area contributed by atoms with Crippen LogP contribution in [0.1, 0.15) is 29.5 Å². The summed E-state index contributed by atoms with van der Waals surface area (Å²) in [6.07, 6.45) is -7.13. The van der Waals surface area contributed by atoms with E-state index in [-0.39, 0.29) is 16.9 Å². The third-order valence-corrected chi connectivity index (χ3v) is 5.04. The summed E-state index contributed by atoms with van der Waals surface area (Å²) in [4.78, 5) is 0. The van der Waals surface area contributed by atoms with Crippen LogP contribution in [0.4, 0.5) is 32.2 Å². The van der Waals surface area contributed by atoms with Gasteiger partial charge < -0.3 is 5.32 Å². The molecule has 0 aliphatic carbocycles. The number of rotatable bonds is 2. The number of benzene rings is 2. The summed E-state index contributed by atoms with van der Waals surface area (Å²) in [5, 5.41) is 7.49. The van der Waals surface area contributed by atoms with Crippen molar-refractivity contribution in [3.63, 3.8) is 0 Å². The molecule has 30 heavy (non-hydrogen) atoms. The van der Waals surface area contributed by atoms with Crippen molar-refractivity contribution in [3.8, 4) is 16.9 Å². The number of nitrogens with zero attached hydrogens (tertiary/aromatic N) is 2. The van der Waals surface area contributed by atoms with E-state index in [0.717, 1.165) is 31.0 Å². The van der Waals surface area contributed by atoms with Gasteiger partial charge in [-0.15, -0.1) is 0 Å². The Hall–Kier alpha value is -2.97. The molecule has 0 saturated carbocycles. The molecule has 0 bridgehead atoms. The summed E-state index contributed by atoms with van der Waals surface area (Å²) in [5.74, 6) is 0.429. The summed E-state index contributed by atoms with van der Waals surface area (Å²) >= 11 is 0. The minimum absolute atomic E-state index is 0.0873. The highest BCUT2D eigenvalue weighted by atomic mass is 19.4. The number of halogens is 6. The average molecular weight is 425 g/mol. The molecule has 0 radical (unpaired) electrons. The molecule has 0 amide bonds. The van der Waals surface area contributed by atoms with Gasteiger partial charge in [-0.1, -0.05) is 24.3 Å². The average Bonchev–Trinajstić information content (AvgIpc) is 2.88. The Kier molecular flexibility index (Phi) is 4.99. The van der Waals surface area contributed by atoms with Crippen molar-refractivity contribution in [3.05, 3.63) is 65.2 Å². The Morgan fingerprint density at radius 3 is 2.37 bits per heavy atom. The van der Waals surface area contributed by atoms with Crippen molar-refractivity contribution in [1.29, 1.82) is 0 Å². The van der Waals surface area contributed by atoms with E-state index in [0.29, 0.717) is 24.3 Å². The maximum absolute atomic E-state index is 13.6. The topological polar surface area (TPSA) is 29.9 Å². The van der Waals surface area contributed by atoms with Gasteiger partial charge in [-0.2, -0.15) is 31.4 Å². The van der Waals surface area contributed by atoms with Crippen molar-refractivity contribution in [1.82, 2.24) is 9.78 Å². The predicted octanol–water partition coefficient (Wildman–Crippen LogP) is 6.33. The molecule has 1 aliphatic rings. The molecule has 0 fully saturated rings. The van der Waals surface area contributed by atoms with Gasteiger partial charge in [-0.3, -0.25) is 0 Å². The first-order valence-corrected chi connectivity index (χ1v) is 9.36. The fourth-order valence-corrected chi connectivity index (χ4v) is 3.66. The van der Waals surface area contributed by atoms with Crippen LogP contribution in [-0.4, -0.2) is 16.3 Å². The number of hydrogen-bond acceptors (Lipinski definition) is 2. The number of aromatic nitrogens is 2. The van der Waals surface area contributed by atoms with Crippen LogP contribution in [0, 0.1) is 0 Å². The highest BCUT2D eigenvalue weighted by Crippen LogP contribution is 2.41. The fraction of sp³-hybridized carbons (Fsp3) is 0.286. The van der Waals surface area contributed by atoms with Crippen molar-refractivity contribution >= 4 is 5.82 Å². The van der Waals surface area contributed by atoms with E-state index in [1.807, 2.05) is 0 Å². The van der Waals surface area contributed by atoms with Crippen LogP contribution in [0.5, 0.6) is 0 Å². The number of nitrogens with one attached hydrogen (secondary N) is 1. The summed E-state index contributed by atoms with van der Waals surface area (Å²) in [6, 6.07) is 9.71. The Labute approximate surface area is 168 Å². The first-order valence-electron chi connectivity index (χ1n) is 9.36. The Bertz CT molecular complexity index is 1070. The van der Waals surface area contributed by atoms with Gasteiger partial charge in [0.15, 0.2) is 0 Å². The van der Waals surface area contributed by atoms with Gasteiger partial charge in [0.1, 0.15) is 5.82 Å². The molecule has 0 atom stereocenters. The van der Waals surface area contributed by atoms with E-state index in [2.05, 4.69) is 10.4 Å². The normalized spacial score (nSPS) is 14.7. The first-order chi connectivity index (χ1) is 14.2. The highest BCUT2D eigenvalue weighted by Gasteiger charge is 2.36. The zero-order chi connectivity index (χ0) is 21.5. The minimum Gasteiger partial charge on any atom is -0.370 e. The third-order valence-electron chi connectivity index (χ3n) is 5.04. The Morgan fingerprint density at radius 1 is 0.867 bits per heavy atom. The SMILES string of the molecule is FC(F)(F)c1cccc(-n2nc(-c3ccccc3C(F)(F)F)c3c2NCCCC3)c1. The quantitative estimate of drug-likeness (QED) is 0.487. The lowest BCUT2D eigenvalue weighted by Crippen LogP contribution is -2.10.